The van der Waals surface area contributed by atoms with Crippen molar-refractivity contribution in [2.75, 3.05) is 6.54 Å². The lowest BCUT2D eigenvalue weighted by Crippen LogP contribution is -2.15. The van der Waals surface area contributed by atoms with Gasteiger partial charge < -0.3 is 9.88 Å². The fourth-order valence-corrected chi connectivity index (χ4v) is 3.01. The van der Waals surface area contributed by atoms with E-state index in [1.807, 2.05) is 6.07 Å². The van der Waals surface area contributed by atoms with Crippen LogP contribution in [-0.4, -0.2) is 11.1 Å². The summed E-state index contributed by atoms with van der Waals surface area (Å²) in [5.41, 5.74) is 1.35. The predicted molar refractivity (Wildman–Crippen MR) is 79.5 cm³/mol. The van der Waals surface area contributed by atoms with Crippen molar-refractivity contribution < 1.29 is 0 Å². The fraction of sp³-hybridized carbons (Fsp3) is 0.429. The monoisotopic (exact) mass is 282 g/mol. The van der Waals surface area contributed by atoms with Gasteiger partial charge in [-0.2, -0.15) is 0 Å². The molecule has 2 aromatic heterocycles. The van der Waals surface area contributed by atoms with E-state index in [0.717, 1.165) is 30.4 Å². The number of nitrogens with zero attached hydrogens (tertiary/aromatic N) is 1. The molecule has 2 nitrogen and oxygen atoms in total. The van der Waals surface area contributed by atoms with E-state index in [0.29, 0.717) is 0 Å². The Balaban J connectivity index is 1.68. The van der Waals surface area contributed by atoms with Crippen LogP contribution in [-0.2, 0) is 19.5 Å². The minimum atomic E-state index is 0.877. The molecule has 0 atom stereocenters. The molecule has 98 valence electrons. The molecular formula is C14H19ClN2S. The van der Waals surface area contributed by atoms with Gasteiger partial charge >= 0.3 is 0 Å². The third kappa shape index (κ3) is 4.16. The summed E-state index contributed by atoms with van der Waals surface area (Å²) >= 11 is 7.56. The second-order valence-electron chi connectivity index (χ2n) is 4.39. The molecule has 0 unspecified atom stereocenters. The molecule has 0 radical (unpaired) electrons. The Kier molecular flexibility index (Phi) is 5.29. The zero-order valence-electron chi connectivity index (χ0n) is 10.7. The second kappa shape index (κ2) is 6.98. The zero-order valence-corrected chi connectivity index (χ0v) is 12.2. The van der Waals surface area contributed by atoms with E-state index >= 15 is 0 Å². The maximum atomic E-state index is 5.90. The van der Waals surface area contributed by atoms with Crippen molar-refractivity contribution >= 4 is 22.9 Å². The van der Waals surface area contributed by atoms with Crippen LogP contribution in [0.15, 0.2) is 30.6 Å². The summed E-state index contributed by atoms with van der Waals surface area (Å²) in [7, 11) is 0. The van der Waals surface area contributed by atoms with E-state index in [2.05, 4.69) is 41.3 Å². The minimum absolute atomic E-state index is 0.877. The number of aryl methyl sites for hydroxylation is 1. The van der Waals surface area contributed by atoms with E-state index in [1.54, 1.807) is 11.3 Å². The van der Waals surface area contributed by atoms with Crippen LogP contribution in [0.4, 0.5) is 0 Å². The second-order valence-corrected chi connectivity index (χ2v) is 6.19. The Morgan fingerprint density at radius 3 is 2.94 bits per heavy atom. The minimum Gasteiger partial charge on any atom is -0.354 e. The van der Waals surface area contributed by atoms with Gasteiger partial charge in [0.15, 0.2) is 0 Å². The molecule has 0 aromatic carbocycles. The van der Waals surface area contributed by atoms with Crippen molar-refractivity contribution in [2.24, 2.45) is 0 Å². The van der Waals surface area contributed by atoms with Gasteiger partial charge in [0.2, 0.25) is 0 Å². The standard InChI is InChI=1S/C14H19ClN2S/c1-2-8-17-9-6-12(11-17)10-16-7-5-13-3-4-14(15)18-13/h3-4,6,9,11,16H,2,5,7-8,10H2,1H3. The number of nitrogens with one attached hydrogen (secondary N) is 1. The molecule has 2 aromatic rings. The first-order valence-electron chi connectivity index (χ1n) is 6.37. The Morgan fingerprint density at radius 2 is 2.22 bits per heavy atom. The molecule has 18 heavy (non-hydrogen) atoms. The Hall–Kier alpha value is -0.770. The summed E-state index contributed by atoms with van der Waals surface area (Å²) in [6, 6.07) is 6.25. The molecule has 0 spiro atoms. The van der Waals surface area contributed by atoms with E-state index in [1.165, 1.54) is 16.9 Å². The average Bonchev–Trinajstić information content (AvgIpc) is 2.95. The van der Waals surface area contributed by atoms with Crippen molar-refractivity contribution in [2.45, 2.75) is 32.9 Å². The number of hydrogen-bond acceptors (Lipinski definition) is 2. The van der Waals surface area contributed by atoms with Gasteiger partial charge in [-0.25, -0.2) is 0 Å². The highest BCUT2D eigenvalue weighted by atomic mass is 35.5. The lowest BCUT2D eigenvalue weighted by atomic mass is 10.3. The van der Waals surface area contributed by atoms with Gasteiger partial charge in [0.05, 0.1) is 4.34 Å². The number of thiophene rings is 1. The van der Waals surface area contributed by atoms with Crippen LogP contribution in [0.3, 0.4) is 0 Å². The number of halogens is 1. The van der Waals surface area contributed by atoms with Crippen LogP contribution >= 0.6 is 22.9 Å². The Morgan fingerprint density at radius 1 is 1.33 bits per heavy atom. The lowest BCUT2D eigenvalue weighted by Gasteiger charge is -2.02. The first-order valence-corrected chi connectivity index (χ1v) is 7.57. The van der Waals surface area contributed by atoms with Gasteiger partial charge in [-0.1, -0.05) is 18.5 Å². The maximum Gasteiger partial charge on any atom is 0.0931 e. The van der Waals surface area contributed by atoms with Crippen molar-refractivity contribution in [1.82, 2.24) is 9.88 Å². The Bertz CT molecular complexity index is 476. The van der Waals surface area contributed by atoms with Crippen LogP contribution in [0.25, 0.3) is 0 Å². The van der Waals surface area contributed by atoms with Gasteiger partial charge in [0.1, 0.15) is 0 Å². The topological polar surface area (TPSA) is 17.0 Å². The number of aromatic nitrogens is 1. The molecule has 0 fully saturated rings. The molecule has 0 aliphatic heterocycles. The fourth-order valence-electron chi connectivity index (χ4n) is 1.92. The summed E-state index contributed by atoms with van der Waals surface area (Å²) in [4.78, 5) is 1.34. The first-order chi connectivity index (χ1) is 8.78. The molecular weight excluding hydrogens is 264 g/mol. The molecule has 2 rings (SSSR count). The third-order valence-corrected chi connectivity index (χ3v) is 4.09. The molecule has 1 N–H and O–H groups in total. The lowest BCUT2D eigenvalue weighted by molar-refractivity contribution is 0.668. The quantitative estimate of drug-likeness (QED) is 0.761. The van der Waals surface area contributed by atoms with Crippen molar-refractivity contribution in [3.63, 3.8) is 0 Å². The molecule has 4 heteroatoms. The smallest absolute Gasteiger partial charge is 0.0931 e. The van der Waals surface area contributed by atoms with Crippen molar-refractivity contribution in [1.29, 1.82) is 0 Å². The molecule has 0 amide bonds. The van der Waals surface area contributed by atoms with Crippen LogP contribution in [0.5, 0.6) is 0 Å². The van der Waals surface area contributed by atoms with Crippen LogP contribution in [0.1, 0.15) is 23.8 Å². The Labute approximate surface area is 118 Å². The summed E-state index contributed by atoms with van der Waals surface area (Å²) < 4.78 is 3.12. The summed E-state index contributed by atoms with van der Waals surface area (Å²) in [6.07, 6.45) is 6.60. The van der Waals surface area contributed by atoms with E-state index < -0.39 is 0 Å². The predicted octanol–water partition coefficient (Wildman–Crippen LogP) is 3.95. The van der Waals surface area contributed by atoms with Gasteiger partial charge in [-0.3, -0.25) is 0 Å². The van der Waals surface area contributed by atoms with E-state index in [-0.39, 0.29) is 0 Å². The van der Waals surface area contributed by atoms with Crippen LogP contribution in [0.2, 0.25) is 4.34 Å². The van der Waals surface area contributed by atoms with Crippen LogP contribution < -0.4 is 5.32 Å². The van der Waals surface area contributed by atoms with Crippen molar-refractivity contribution in [3.05, 3.63) is 45.4 Å². The summed E-state index contributed by atoms with van der Waals surface area (Å²) in [5, 5.41) is 3.47. The maximum absolute atomic E-state index is 5.90. The van der Waals surface area contributed by atoms with E-state index in [4.69, 9.17) is 11.6 Å². The molecule has 2 heterocycles. The molecule has 0 saturated carbocycles. The zero-order chi connectivity index (χ0) is 12.8. The number of hydrogen-bond donors (Lipinski definition) is 1. The van der Waals surface area contributed by atoms with Gasteiger partial charge in [0, 0.05) is 36.9 Å². The molecule has 0 aliphatic rings. The summed E-state index contributed by atoms with van der Waals surface area (Å²) in [5.74, 6) is 0. The normalized spacial score (nSPS) is 11.0. The average molecular weight is 283 g/mol. The third-order valence-electron chi connectivity index (χ3n) is 2.80. The van der Waals surface area contributed by atoms with Crippen molar-refractivity contribution in [3.8, 4) is 0 Å². The number of rotatable bonds is 7. The first kappa shape index (κ1) is 13.7. The molecule has 0 saturated heterocycles. The molecule has 0 bridgehead atoms. The SMILES string of the molecule is CCCn1ccc(CNCCc2ccc(Cl)s2)c1. The van der Waals surface area contributed by atoms with Gasteiger partial charge in [0.25, 0.3) is 0 Å². The van der Waals surface area contributed by atoms with Crippen LogP contribution in [0, 0.1) is 0 Å². The van der Waals surface area contributed by atoms with E-state index in [9.17, 15) is 0 Å². The highest BCUT2D eigenvalue weighted by molar-refractivity contribution is 7.16. The highest BCUT2D eigenvalue weighted by Gasteiger charge is 1.99. The molecule has 0 aliphatic carbocycles. The van der Waals surface area contributed by atoms with Gasteiger partial charge in [-0.15, -0.1) is 11.3 Å². The highest BCUT2D eigenvalue weighted by Crippen LogP contribution is 2.21. The summed E-state index contributed by atoms with van der Waals surface area (Å²) in [6.45, 7) is 5.24. The van der Waals surface area contributed by atoms with Gasteiger partial charge in [-0.05, 0) is 36.6 Å². The largest absolute Gasteiger partial charge is 0.354 e.